The number of aryl methyl sites for hydroxylation is 1. The first-order valence-electron chi connectivity index (χ1n) is 5.29. The molecular weight excluding hydrogens is 204 g/mol. The summed E-state index contributed by atoms with van der Waals surface area (Å²) in [4.78, 5) is 0. The zero-order valence-electron chi connectivity index (χ0n) is 9.42. The third kappa shape index (κ3) is 2.18. The van der Waals surface area contributed by atoms with Crippen LogP contribution in [0.1, 0.15) is 19.2 Å². The lowest BCUT2D eigenvalue weighted by Crippen LogP contribution is -2.00. The summed E-state index contributed by atoms with van der Waals surface area (Å²) in [7, 11) is 0. The molecule has 0 bridgehead atoms. The minimum Gasteiger partial charge on any atom is -0.494 e. The van der Waals surface area contributed by atoms with Crippen LogP contribution >= 0.6 is 0 Å². The first-order valence-corrected chi connectivity index (χ1v) is 5.29. The van der Waals surface area contributed by atoms with Crippen LogP contribution in [-0.4, -0.2) is 26.8 Å². The zero-order chi connectivity index (χ0) is 11.4. The molecule has 0 unspecified atom stereocenters. The van der Waals surface area contributed by atoms with Gasteiger partial charge >= 0.3 is 0 Å². The van der Waals surface area contributed by atoms with Gasteiger partial charge in [-0.15, -0.1) is 5.10 Å². The van der Waals surface area contributed by atoms with Crippen LogP contribution in [0.5, 0.6) is 5.75 Å². The second kappa shape index (κ2) is 4.74. The van der Waals surface area contributed by atoms with Gasteiger partial charge in [0.2, 0.25) is 0 Å². The van der Waals surface area contributed by atoms with Crippen molar-refractivity contribution in [2.45, 2.75) is 20.3 Å². The molecule has 0 aliphatic heterocycles. The molecule has 0 atom stereocenters. The monoisotopic (exact) mass is 218 g/mol. The first-order chi connectivity index (χ1) is 7.81. The van der Waals surface area contributed by atoms with Gasteiger partial charge in [0.25, 0.3) is 0 Å². The lowest BCUT2D eigenvalue weighted by atomic mass is 10.3. The number of hydrogen-bond acceptors (Lipinski definition) is 4. The molecule has 1 aromatic heterocycles. The second-order valence-electron chi connectivity index (χ2n) is 3.48. The molecule has 0 radical (unpaired) electrons. The number of ether oxygens (including phenoxy) is 1. The molecule has 2 rings (SSSR count). The highest BCUT2D eigenvalue weighted by molar-refractivity contribution is 5.36. The van der Waals surface area contributed by atoms with Crippen molar-refractivity contribution in [3.8, 4) is 11.4 Å². The third-order valence-corrected chi connectivity index (χ3v) is 2.18. The average molecular weight is 218 g/mol. The maximum atomic E-state index is 5.50. The van der Waals surface area contributed by atoms with E-state index in [1.54, 1.807) is 4.68 Å². The predicted octanol–water partition coefficient (Wildman–Crippen LogP) is 1.76. The van der Waals surface area contributed by atoms with E-state index in [4.69, 9.17) is 4.74 Å². The van der Waals surface area contributed by atoms with Crippen LogP contribution < -0.4 is 4.74 Å². The Hall–Kier alpha value is -1.91. The van der Waals surface area contributed by atoms with Gasteiger partial charge in [0.1, 0.15) is 5.75 Å². The second-order valence-corrected chi connectivity index (χ2v) is 3.48. The SMILES string of the molecule is CCCOc1ccc(-n2nnnc2C)cc1. The molecule has 2 aromatic rings. The Bertz CT molecular complexity index is 449. The maximum Gasteiger partial charge on any atom is 0.153 e. The van der Waals surface area contributed by atoms with Crippen LogP contribution in [0.25, 0.3) is 5.69 Å². The molecule has 0 saturated carbocycles. The number of benzene rings is 1. The summed E-state index contributed by atoms with van der Waals surface area (Å²) in [6.07, 6.45) is 1.01. The van der Waals surface area contributed by atoms with Gasteiger partial charge in [-0.3, -0.25) is 0 Å². The van der Waals surface area contributed by atoms with Gasteiger partial charge in [-0.2, -0.15) is 4.68 Å². The molecule has 0 saturated heterocycles. The largest absolute Gasteiger partial charge is 0.494 e. The summed E-state index contributed by atoms with van der Waals surface area (Å²) in [5.74, 6) is 1.64. The van der Waals surface area contributed by atoms with Crippen molar-refractivity contribution < 1.29 is 4.74 Å². The van der Waals surface area contributed by atoms with E-state index in [9.17, 15) is 0 Å². The fourth-order valence-corrected chi connectivity index (χ4v) is 1.37. The molecule has 0 spiro atoms. The van der Waals surface area contributed by atoms with Crippen molar-refractivity contribution in [2.24, 2.45) is 0 Å². The lowest BCUT2D eigenvalue weighted by molar-refractivity contribution is 0.317. The van der Waals surface area contributed by atoms with Gasteiger partial charge in [-0.05, 0) is 48.0 Å². The van der Waals surface area contributed by atoms with Crippen molar-refractivity contribution >= 4 is 0 Å². The van der Waals surface area contributed by atoms with E-state index >= 15 is 0 Å². The summed E-state index contributed by atoms with van der Waals surface area (Å²) in [6.45, 7) is 4.68. The normalized spacial score (nSPS) is 10.4. The highest BCUT2D eigenvalue weighted by atomic mass is 16.5. The number of rotatable bonds is 4. The molecule has 0 N–H and O–H groups in total. The number of hydrogen-bond donors (Lipinski definition) is 0. The Morgan fingerprint density at radius 3 is 2.56 bits per heavy atom. The van der Waals surface area contributed by atoms with E-state index in [0.717, 1.165) is 30.3 Å². The van der Waals surface area contributed by atoms with E-state index in [1.807, 2.05) is 31.2 Å². The summed E-state index contributed by atoms with van der Waals surface area (Å²) in [5, 5.41) is 11.3. The molecule has 1 heterocycles. The summed E-state index contributed by atoms with van der Waals surface area (Å²) in [6, 6.07) is 7.72. The van der Waals surface area contributed by atoms with Gasteiger partial charge in [0, 0.05) is 0 Å². The molecule has 0 aliphatic rings. The topological polar surface area (TPSA) is 52.8 Å². The zero-order valence-corrected chi connectivity index (χ0v) is 9.42. The lowest BCUT2D eigenvalue weighted by Gasteiger charge is -2.05. The number of tetrazole rings is 1. The van der Waals surface area contributed by atoms with Crippen molar-refractivity contribution in [3.05, 3.63) is 30.1 Å². The fourth-order valence-electron chi connectivity index (χ4n) is 1.37. The molecule has 0 amide bonds. The molecule has 0 fully saturated rings. The van der Waals surface area contributed by atoms with Crippen LogP contribution in [0.15, 0.2) is 24.3 Å². The first kappa shape index (κ1) is 10.6. The van der Waals surface area contributed by atoms with Crippen molar-refractivity contribution in [3.63, 3.8) is 0 Å². The van der Waals surface area contributed by atoms with Crippen LogP contribution in [0.2, 0.25) is 0 Å². The Balaban J connectivity index is 2.16. The van der Waals surface area contributed by atoms with Crippen LogP contribution in [0.4, 0.5) is 0 Å². The third-order valence-electron chi connectivity index (χ3n) is 2.18. The van der Waals surface area contributed by atoms with E-state index in [-0.39, 0.29) is 0 Å². The fraction of sp³-hybridized carbons (Fsp3) is 0.364. The van der Waals surface area contributed by atoms with Gasteiger partial charge in [0.05, 0.1) is 12.3 Å². The van der Waals surface area contributed by atoms with Crippen LogP contribution in [0, 0.1) is 6.92 Å². The summed E-state index contributed by atoms with van der Waals surface area (Å²) >= 11 is 0. The summed E-state index contributed by atoms with van der Waals surface area (Å²) < 4.78 is 7.18. The Kier molecular flexibility index (Phi) is 3.14. The standard InChI is InChI=1S/C11H14N4O/c1-3-8-16-11-6-4-10(5-7-11)15-9(2)12-13-14-15/h4-7H,3,8H2,1-2H3. The van der Waals surface area contributed by atoms with Crippen LogP contribution in [-0.2, 0) is 0 Å². The number of nitrogens with zero attached hydrogens (tertiary/aromatic N) is 4. The Morgan fingerprint density at radius 1 is 1.25 bits per heavy atom. The van der Waals surface area contributed by atoms with Gasteiger partial charge < -0.3 is 4.74 Å². The minimum absolute atomic E-state index is 0.739. The van der Waals surface area contributed by atoms with Gasteiger partial charge in [-0.1, -0.05) is 6.92 Å². The van der Waals surface area contributed by atoms with Gasteiger partial charge in [0.15, 0.2) is 5.82 Å². The predicted molar refractivity (Wildman–Crippen MR) is 59.7 cm³/mol. The highest BCUT2D eigenvalue weighted by Gasteiger charge is 2.02. The smallest absolute Gasteiger partial charge is 0.153 e. The Labute approximate surface area is 94.0 Å². The van der Waals surface area contributed by atoms with E-state index < -0.39 is 0 Å². The number of aromatic nitrogens is 4. The molecule has 0 aliphatic carbocycles. The molecule has 5 heteroatoms. The van der Waals surface area contributed by atoms with Crippen molar-refractivity contribution in [2.75, 3.05) is 6.61 Å². The molecule has 1 aromatic carbocycles. The molecular formula is C11H14N4O. The molecule has 84 valence electrons. The van der Waals surface area contributed by atoms with E-state index in [0.29, 0.717) is 0 Å². The highest BCUT2D eigenvalue weighted by Crippen LogP contribution is 2.15. The summed E-state index contributed by atoms with van der Waals surface area (Å²) in [5.41, 5.74) is 0.936. The van der Waals surface area contributed by atoms with Crippen molar-refractivity contribution in [1.29, 1.82) is 0 Å². The molecule has 5 nitrogen and oxygen atoms in total. The van der Waals surface area contributed by atoms with Crippen molar-refractivity contribution in [1.82, 2.24) is 20.2 Å². The average Bonchev–Trinajstić information content (AvgIpc) is 2.74. The molecule has 16 heavy (non-hydrogen) atoms. The quantitative estimate of drug-likeness (QED) is 0.784. The van der Waals surface area contributed by atoms with E-state index in [2.05, 4.69) is 22.4 Å². The minimum atomic E-state index is 0.739. The maximum absolute atomic E-state index is 5.50. The van der Waals surface area contributed by atoms with Gasteiger partial charge in [-0.25, -0.2) is 0 Å². The Morgan fingerprint density at radius 2 is 2.00 bits per heavy atom. The van der Waals surface area contributed by atoms with Crippen LogP contribution in [0.3, 0.4) is 0 Å². The van der Waals surface area contributed by atoms with E-state index in [1.165, 1.54) is 0 Å².